The quantitative estimate of drug-likeness (QED) is 0.271. The van der Waals surface area contributed by atoms with Crippen molar-refractivity contribution in [1.82, 2.24) is 0 Å². The Labute approximate surface area is 113 Å². The predicted octanol–water partition coefficient (Wildman–Crippen LogP) is 2.74. The Bertz CT molecular complexity index is 397. The van der Waals surface area contributed by atoms with Gasteiger partial charge in [-0.05, 0) is 38.0 Å². The average Bonchev–Trinajstić information content (AvgIpc) is 2.39. The van der Waals surface area contributed by atoms with E-state index in [2.05, 4.69) is 4.89 Å². The molecule has 5 nitrogen and oxygen atoms in total. The van der Waals surface area contributed by atoms with Crippen LogP contribution in [0.1, 0.15) is 32.3 Å². The summed E-state index contributed by atoms with van der Waals surface area (Å²) in [5, 5.41) is 8.79. The largest absolute Gasteiger partial charge is 0.427 e. The Morgan fingerprint density at radius 3 is 2.42 bits per heavy atom. The van der Waals surface area contributed by atoms with Crippen LogP contribution >= 0.6 is 0 Å². The summed E-state index contributed by atoms with van der Waals surface area (Å²) in [5.41, 5.74) is -0.00439. The highest BCUT2D eigenvalue weighted by Gasteiger charge is 2.21. The minimum absolute atomic E-state index is 0.289. The van der Waals surface area contributed by atoms with Crippen molar-refractivity contribution in [3.05, 3.63) is 29.8 Å². The van der Waals surface area contributed by atoms with E-state index in [9.17, 15) is 4.79 Å². The van der Waals surface area contributed by atoms with Crippen molar-refractivity contribution in [3.8, 4) is 5.75 Å². The lowest BCUT2D eigenvalue weighted by Gasteiger charge is -2.20. The van der Waals surface area contributed by atoms with Gasteiger partial charge in [-0.2, -0.15) is 0 Å². The van der Waals surface area contributed by atoms with E-state index >= 15 is 0 Å². The Morgan fingerprint density at radius 1 is 1.26 bits per heavy atom. The molecule has 0 aliphatic heterocycles. The molecule has 0 saturated carbocycles. The molecule has 0 bridgehead atoms. The monoisotopic (exact) mass is 268 g/mol. The van der Waals surface area contributed by atoms with E-state index in [-0.39, 0.29) is 5.97 Å². The molecule has 0 aliphatic carbocycles. The molecule has 0 heterocycles. The number of esters is 1. The third-order valence-electron chi connectivity index (χ3n) is 2.74. The van der Waals surface area contributed by atoms with Crippen LogP contribution in [0.5, 0.6) is 5.75 Å². The van der Waals surface area contributed by atoms with Crippen LogP contribution in [-0.2, 0) is 20.0 Å². The van der Waals surface area contributed by atoms with Crippen LogP contribution in [0.4, 0.5) is 0 Å². The fraction of sp³-hybridized carbons (Fsp3) is 0.500. The molecule has 5 heteroatoms. The molecule has 0 aliphatic rings. The van der Waals surface area contributed by atoms with Crippen molar-refractivity contribution in [1.29, 1.82) is 0 Å². The van der Waals surface area contributed by atoms with Crippen molar-refractivity contribution in [2.75, 3.05) is 13.7 Å². The van der Waals surface area contributed by atoms with E-state index in [1.807, 2.05) is 0 Å². The summed E-state index contributed by atoms with van der Waals surface area (Å²) in [5.74, 6) is 0.183. The topological polar surface area (TPSA) is 65.0 Å². The first-order chi connectivity index (χ1) is 8.99. The molecular weight excluding hydrogens is 248 g/mol. The van der Waals surface area contributed by atoms with Crippen molar-refractivity contribution in [3.63, 3.8) is 0 Å². The second kappa shape index (κ2) is 7.23. The summed E-state index contributed by atoms with van der Waals surface area (Å²) in [6.07, 6.45) is 0.958. The van der Waals surface area contributed by atoms with Crippen molar-refractivity contribution in [2.45, 2.75) is 32.3 Å². The number of carbonyl (C=O) groups excluding carboxylic acids is 1. The molecule has 0 spiro atoms. The highest BCUT2D eigenvalue weighted by molar-refractivity contribution is 5.72. The summed E-state index contributed by atoms with van der Waals surface area (Å²) in [6.45, 7) is 4.01. The molecule has 0 fully saturated rings. The van der Waals surface area contributed by atoms with Gasteiger partial charge in [-0.25, -0.2) is 4.89 Å². The molecule has 0 radical (unpaired) electrons. The molecule has 0 unspecified atom stereocenters. The van der Waals surface area contributed by atoms with E-state index in [0.717, 1.165) is 5.56 Å². The molecule has 0 saturated heterocycles. The van der Waals surface area contributed by atoms with Gasteiger partial charge in [-0.3, -0.25) is 10.1 Å². The number of methoxy groups -OCH3 is 1. The van der Waals surface area contributed by atoms with Gasteiger partial charge in [-0.1, -0.05) is 12.1 Å². The Morgan fingerprint density at radius 2 is 1.89 bits per heavy atom. The van der Waals surface area contributed by atoms with Gasteiger partial charge in [0.15, 0.2) is 0 Å². The van der Waals surface area contributed by atoms with Gasteiger partial charge in [0, 0.05) is 20.1 Å². The Balaban J connectivity index is 2.55. The highest BCUT2D eigenvalue weighted by atomic mass is 17.1. The van der Waals surface area contributed by atoms with Crippen LogP contribution in [0.3, 0.4) is 0 Å². The zero-order valence-corrected chi connectivity index (χ0v) is 11.5. The van der Waals surface area contributed by atoms with Gasteiger partial charge in [0.1, 0.15) is 11.4 Å². The number of hydrogen-bond donors (Lipinski definition) is 1. The number of ether oxygens (including phenoxy) is 2. The lowest BCUT2D eigenvalue weighted by molar-refractivity contribution is -0.318. The van der Waals surface area contributed by atoms with Gasteiger partial charge < -0.3 is 9.47 Å². The van der Waals surface area contributed by atoms with E-state index in [0.29, 0.717) is 25.2 Å². The summed E-state index contributed by atoms with van der Waals surface area (Å²) in [4.78, 5) is 15.9. The Hall–Kier alpha value is -1.43. The predicted molar refractivity (Wildman–Crippen MR) is 69.9 cm³/mol. The Kier molecular flexibility index (Phi) is 5.95. The van der Waals surface area contributed by atoms with Crippen LogP contribution in [0, 0.1) is 0 Å². The maximum Gasteiger partial charge on any atom is 0.311 e. The average molecular weight is 268 g/mol. The van der Waals surface area contributed by atoms with Crippen molar-refractivity contribution >= 4 is 5.97 Å². The van der Waals surface area contributed by atoms with Gasteiger partial charge in [0.25, 0.3) is 0 Å². The molecule has 19 heavy (non-hydrogen) atoms. The molecule has 1 aromatic carbocycles. The lowest BCUT2D eigenvalue weighted by atomic mass is 9.98. The molecule has 1 rings (SSSR count). The van der Waals surface area contributed by atoms with Crippen molar-refractivity contribution in [2.24, 2.45) is 0 Å². The fourth-order valence-corrected chi connectivity index (χ4v) is 1.52. The molecule has 106 valence electrons. The summed E-state index contributed by atoms with van der Waals surface area (Å²) in [6, 6.07) is 6.83. The fourth-order valence-electron chi connectivity index (χ4n) is 1.52. The van der Waals surface area contributed by atoms with Crippen LogP contribution in [0.15, 0.2) is 24.3 Å². The van der Waals surface area contributed by atoms with Crippen LogP contribution in [0.25, 0.3) is 0 Å². The van der Waals surface area contributed by atoms with Crippen LogP contribution in [0.2, 0.25) is 0 Å². The lowest BCUT2D eigenvalue weighted by Crippen LogP contribution is -2.19. The molecule has 0 amide bonds. The summed E-state index contributed by atoms with van der Waals surface area (Å²) < 4.78 is 10.0. The SMILES string of the molecule is COCCCC(=O)Oc1ccc(C(C)(C)OO)cc1. The highest BCUT2D eigenvalue weighted by Crippen LogP contribution is 2.25. The molecule has 0 atom stereocenters. The second-order valence-electron chi connectivity index (χ2n) is 4.70. The first-order valence-electron chi connectivity index (χ1n) is 6.12. The third kappa shape index (κ3) is 4.98. The van der Waals surface area contributed by atoms with Gasteiger partial charge >= 0.3 is 5.97 Å². The normalized spacial score (nSPS) is 11.4. The van der Waals surface area contributed by atoms with Gasteiger partial charge in [0.2, 0.25) is 0 Å². The molecule has 1 aromatic rings. The first kappa shape index (κ1) is 15.6. The summed E-state index contributed by atoms with van der Waals surface area (Å²) in [7, 11) is 1.59. The minimum Gasteiger partial charge on any atom is -0.427 e. The van der Waals surface area contributed by atoms with Crippen molar-refractivity contribution < 1.29 is 24.4 Å². The second-order valence-corrected chi connectivity index (χ2v) is 4.70. The maximum atomic E-state index is 11.5. The van der Waals surface area contributed by atoms with E-state index in [1.54, 1.807) is 45.2 Å². The third-order valence-corrected chi connectivity index (χ3v) is 2.74. The smallest absolute Gasteiger partial charge is 0.311 e. The maximum absolute atomic E-state index is 11.5. The standard InChI is InChI=1S/C14H20O5/c1-14(2,19-16)11-6-8-12(9-7-11)18-13(15)5-4-10-17-3/h6-9,16H,4-5,10H2,1-3H3. The zero-order chi connectivity index (χ0) is 14.3. The first-order valence-corrected chi connectivity index (χ1v) is 6.12. The zero-order valence-electron chi connectivity index (χ0n) is 11.5. The number of rotatable bonds is 7. The van der Waals surface area contributed by atoms with Gasteiger partial charge in [-0.15, -0.1) is 0 Å². The van der Waals surface area contributed by atoms with E-state index in [4.69, 9.17) is 14.7 Å². The summed E-state index contributed by atoms with van der Waals surface area (Å²) >= 11 is 0. The van der Waals surface area contributed by atoms with E-state index in [1.165, 1.54) is 0 Å². The van der Waals surface area contributed by atoms with E-state index < -0.39 is 5.60 Å². The van der Waals surface area contributed by atoms with Crippen LogP contribution in [-0.4, -0.2) is 24.9 Å². The molecule has 1 N–H and O–H groups in total. The number of carbonyl (C=O) groups is 1. The number of hydrogen-bond acceptors (Lipinski definition) is 5. The molecular formula is C14H20O5. The minimum atomic E-state index is -0.791. The number of benzene rings is 1. The van der Waals surface area contributed by atoms with Crippen LogP contribution < -0.4 is 4.74 Å². The van der Waals surface area contributed by atoms with Gasteiger partial charge in [0.05, 0.1) is 0 Å². The molecule has 0 aromatic heterocycles.